The van der Waals surface area contributed by atoms with Gasteiger partial charge in [-0.1, -0.05) is 6.92 Å². The maximum absolute atomic E-state index is 11.9. The highest BCUT2D eigenvalue weighted by Crippen LogP contribution is 2.35. The van der Waals surface area contributed by atoms with Crippen LogP contribution in [0.3, 0.4) is 0 Å². The van der Waals surface area contributed by atoms with Crippen molar-refractivity contribution >= 4 is 11.9 Å². The van der Waals surface area contributed by atoms with Gasteiger partial charge in [-0.25, -0.2) is 4.79 Å². The second kappa shape index (κ2) is 5.69. The van der Waals surface area contributed by atoms with Crippen molar-refractivity contribution in [2.45, 2.75) is 52.1 Å². The lowest BCUT2D eigenvalue weighted by Gasteiger charge is -2.49. The van der Waals surface area contributed by atoms with E-state index >= 15 is 0 Å². The SMILES string of the molecule is CCC1CNCCC1(C(=O)O)N(C(C)=O)C(C)C. The van der Waals surface area contributed by atoms with Gasteiger partial charge in [0.15, 0.2) is 0 Å². The largest absolute Gasteiger partial charge is 0.479 e. The lowest BCUT2D eigenvalue weighted by Crippen LogP contribution is -2.67. The number of piperidine rings is 1. The second-order valence-corrected chi connectivity index (χ2v) is 5.27. The number of hydrogen-bond donors (Lipinski definition) is 2. The standard InChI is InChI=1S/C13H24N2O3/c1-5-11-8-14-7-6-13(11,12(17)18)15(9(2)3)10(4)16/h9,11,14H,5-8H2,1-4H3,(H,17,18). The fourth-order valence-electron chi connectivity index (χ4n) is 3.22. The highest BCUT2D eigenvalue weighted by molar-refractivity contribution is 5.87. The Morgan fingerprint density at radius 1 is 1.50 bits per heavy atom. The van der Waals surface area contributed by atoms with Crippen LogP contribution in [-0.2, 0) is 9.59 Å². The summed E-state index contributed by atoms with van der Waals surface area (Å²) in [5.41, 5.74) is -1.06. The molecule has 1 rings (SSSR count). The fraction of sp³-hybridized carbons (Fsp3) is 0.846. The number of carbonyl (C=O) groups is 2. The van der Waals surface area contributed by atoms with Crippen molar-refractivity contribution in [2.75, 3.05) is 13.1 Å². The van der Waals surface area contributed by atoms with E-state index in [-0.39, 0.29) is 17.9 Å². The van der Waals surface area contributed by atoms with E-state index in [0.29, 0.717) is 19.5 Å². The number of amides is 1. The zero-order valence-corrected chi connectivity index (χ0v) is 11.7. The summed E-state index contributed by atoms with van der Waals surface area (Å²) in [4.78, 5) is 25.3. The molecule has 2 atom stereocenters. The number of carboxylic acid groups (broad SMARTS) is 1. The lowest BCUT2D eigenvalue weighted by atomic mass is 9.74. The van der Waals surface area contributed by atoms with Crippen molar-refractivity contribution in [3.8, 4) is 0 Å². The topological polar surface area (TPSA) is 69.6 Å². The Morgan fingerprint density at radius 2 is 2.11 bits per heavy atom. The van der Waals surface area contributed by atoms with E-state index in [2.05, 4.69) is 5.32 Å². The highest BCUT2D eigenvalue weighted by atomic mass is 16.4. The van der Waals surface area contributed by atoms with Crippen LogP contribution in [0.4, 0.5) is 0 Å². The number of carboxylic acids is 1. The molecule has 0 aromatic carbocycles. The van der Waals surface area contributed by atoms with Crippen molar-refractivity contribution < 1.29 is 14.7 Å². The molecule has 5 nitrogen and oxygen atoms in total. The molecule has 1 saturated heterocycles. The van der Waals surface area contributed by atoms with E-state index < -0.39 is 11.5 Å². The van der Waals surface area contributed by atoms with E-state index in [1.807, 2.05) is 20.8 Å². The van der Waals surface area contributed by atoms with Gasteiger partial charge < -0.3 is 15.3 Å². The van der Waals surface area contributed by atoms with E-state index in [1.165, 1.54) is 6.92 Å². The van der Waals surface area contributed by atoms with Crippen LogP contribution >= 0.6 is 0 Å². The average Bonchev–Trinajstić information content (AvgIpc) is 2.28. The predicted molar refractivity (Wildman–Crippen MR) is 69.3 cm³/mol. The summed E-state index contributed by atoms with van der Waals surface area (Å²) < 4.78 is 0. The Balaban J connectivity index is 3.26. The van der Waals surface area contributed by atoms with Crippen molar-refractivity contribution in [3.05, 3.63) is 0 Å². The molecule has 1 amide bonds. The van der Waals surface area contributed by atoms with Gasteiger partial charge in [0.1, 0.15) is 5.54 Å². The molecule has 5 heteroatoms. The molecule has 0 bridgehead atoms. The van der Waals surface area contributed by atoms with E-state index in [1.54, 1.807) is 4.90 Å². The van der Waals surface area contributed by atoms with Gasteiger partial charge in [-0.05, 0) is 33.2 Å². The number of hydrogen-bond acceptors (Lipinski definition) is 3. The minimum Gasteiger partial charge on any atom is -0.479 e. The Kier molecular flexibility index (Phi) is 4.73. The number of aliphatic carboxylic acids is 1. The molecule has 1 heterocycles. The molecule has 18 heavy (non-hydrogen) atoms. The van der Waals surface area contributed by atoms with Crippen LogP contribution in [0.2, 0.25) is 0 Å². The van der Waals surface area contributed by atoms with Gasteiger partial charge in [-0.2, -0.15) is 0 Å². The number of carbonyl (C=O) groups excluding carboxylic acids is 1. The minimum absolute atomic E-state index is 0.0463. The van der Waals surface area contributed by atoms with Crippen LogP contribution in [0.15, 0.2) is 0 Å². The van der Waals surface area contributed by atoms with E-state index in [9.17, 15) is 14.7 Å². The summed E-state index contributed by atoms with van der Waals surface area (Å²) in [6, 6.07) is -0.106. The Labute approximate surface area is 109 Å². The maximum atomic E-state index is 11.9. The number of nitrogens with one attached hydrogen (secondary N) is 1. The zero-order valence-electron chi connectivity index (χ0n) is 11.7. The smallest absolute Gasteiger partial charge is 0.330 e. The quantitative estimate of drug-likeness (QED) is 0.790. The molecule has 0 aromatic heterocycles. The van der Waals surface area contributed by atoms with Crippen molar-refractivity contribution in [1.82, 2.24) is 10.2 Å². The van der Waals surface area contributed by atoms with Crippen LogP contribution in [0, 0.1) is 5.92 Å². The first-order chi connectivity index (χ1) is 8.37. The number of nitrogens with zero attached hydrogens (tertiary/aromatic N) is 1. The van der Waals surface area contributed by atoms with Gasteiger partial charge in [-0.15, -0.1) is 0 Å². The van der Waals surface area contributed by atoms with Crippen molar-refractivity contribution in [2.24, 2.45) is 5.92 Å². The van der Waals surface area contributed by atoms with Gasteiger partial charge in [0, 0.05) is 25.4 Å². The van der Waals surface area contributed by atoms with Crippen molar-refractivity contribution in [1.29, 1.82) is 0 Å². The first kappa shape index (κ1) is 15.0. The molecule has 1 aliphatic rings. The first-order valence-corrected chi connectivity index (χ1v) is 6.61. The molecule has 1 aliphatic heterocycles. The van der Waals surface area contributed by atoms with E-state index in [4.69, 9.17) is 0 Å². The predicted octanol–water partition coefficient (Wildman–Crippen LogP) is 1.09. The summed E-state index contributed by atoms with van der Waals surface area (Å²) in [7, 11) is 0. The number of rotatable bonds is 4. The molecule has 0 aliphatic carbocycles. The molecule has 2 N–H and O–H groups in total. The van der Waals surface area contributed by atoms with Crippen molar-refractivity contribution in [3.63, 3.8) is 0 Å². The molecule has 0 aromatic rings. The van der Waals surface area contributed by atoms with Gasteiger partial charge in [0.2, 0.25) is 5.91 Å². The molecular weight excluding hydrogens is 232 g/mol. The fourth-order valence-corrected chi connectivity index (χ4v) is 3.22. The minimum atomic E-state index is -1.06. The molecule has 2 unspecified atom stereocenters. The lowest BCUT2D eigenvalue weighted by molar-refractivity contribution is -0.168. The summed E-state index contributed by atoms with van der Waals surface area (Å²) >= 11 is 0. The monoisotopic (exact) mass is 256 g/mol. The third kappa shape index (κ3) is 2.36. The summed E-state index contributed by atoms with van der Waals surface area (Å²) in [5, 5.41) is 13.0. The van der Waals surface area contributed by atoms with Gasteiger partial charge in [-0.3, -0.25) is 4.79 Å². The van der Waals surface area contributed by atoms with Gasteiger partial charge >= 0.3 is 5.97 Å². The third-order valence-electron chi connectivity index (χ3n) is 3.90. The van der Waals surface area contributed by atoms with Gasteiger partial charge in [0.05, 0.1) is 0 Å². The van der Waals surface area contributed by atoms with Crippen LogP contribution in [0.1, 0.15) is 40.5 Å². The third-order valence-corrected chi connectivity index (χ3v) is 3.90. The Bertz CT molecular complexity index is 330. The summed E-state index contributed by atoms with van der Waals surface area (Å²) in [6.07, 6.45) is 1.22. The second-order valence-electron chi connectivity index (χ2n) is 5.27. The molecule has 0 radical (unpaired) electrons. The molecule has 104 valence electrons. The molecule has 0 saturated carbocycles. The van der Waals surface area contributed by atoms with Crippen LogP contribution in [0.5, 0.6) is 0 Å². The Hall–Kier alpha value is -1.10. The summed E-state index contributed by atoms with van der Waals surface area (Å²) in [6.45, 7) is 8.48. The molecule has 1 fully saturated rings. The molecule has 0 spiro atoms. The van der Waals surface area contributed by atoms with Gasteiger partial charge in [0.25, 0.3) is 0 Å². The van der Waals surface area contributed by atoms with Crippen LogP contribution in [-0.4, -0.2) is 46.6 Å². The highest BCUT2D eigenvalue weighted by Gasteiger charge is 2.52. The zero-order chi connectivity index (χ0) is 13.9. The first-order valence-electron chi connectivity index (χ1n) is 6.61. The average molecular weight is 256 g/mol. The molecular formula is C13H24N2O3. The normalized spacial score (nSPS) is 28.2. The Morgan fingerprint density at radius 3 is 2.50 bits per heavy atom. The summed E-state index contributed by atoms with van der Waals surface area (Å²) in [5.74, 6) is -1.08. The maximum Gasteiger partial charge on any atom is 0.330 e. The van der Waals surface area contributed by atoms with Crippen LogP contribution < -0.4 is 5.32 Å². The van der Waals surface area contributed by atoms with E-state index in [0.717, 1.165) is 6.42 Å². The van der Waals surface area contributed by atoms with Crippen LogP contribution in [0.25, 0.3) is 0 Å².